The Morgan fingerprint density at radius 3 is 2.81 bits per heavy atom. The molecule has 1 aliphatic heterocycles. The molecule has 1 atom stereocenters. The lowest BCUT2D eigenvalue weighted by atomic mass is 9.90. The van der Waals surface area contributed by atoms with Crippen LogP contribution in [-0.2, 0) is 17.9 Å². The number of nitrogens with zero attached hydrogens (tertiary/aromatic N) is 3. The van der Waals surface area contributed by atoms with E-state index in [0.29, 0.717) is 32.6 Å². The molecule has 5 heteroatoms. The molecule has 0 saturated carbocycles. The van der Waals surface area contributed by atoms with Crippen LogP contribution in [0.15, 0.2) is 42.6 Å². The fraction of sp³-hybridized carbons (Fsp3) is 0.455. The average molecular weight is 367 g/mol. The minimum absolute atomic E-state index is 0.167. The van der Waals surface area contributed by atoms with Crippen molar-refractivity contribution in [3.05, 3.63) is 65.0 Å². The third kappa shape index (κ3) is 4.73. The molecule has 1 aromatic carbocycles. The van der Waals surface area contributed by atoms with Gasteiger partial charge in [-0.15, -0.1) is 0 Å². The Balaban J connectivity index is 1.67. The number of piperidine rings is 1. The smallest absolute Gasteiger partial charge is 0.256 e. The molecule has 144 valence electrons. The van der Waals surface area contributed by atoms with Gasteiger partial charge in [0, 0.05) is 32.4 Å². The van der Waals surface area contributed by atoms with Crippen LogP contribution in [0.3, 0.4) is 0 Å². The van der Waals surface area contributed by atoms with Gasteiger partial charge in [-0.05, 0) is 50.9 Å². The summed E-state index contributed by atoms with van der Waals surface area (Å²) in [5.41, 5.74) is 3.04. The van der Waals surface area contributed by atoms with E-state index in [2.05, 4.69) is 11.1 Å². The highest BCUT2D eigenvalue weighted by Gasteiger charge is 2.42. The topological polar surface area (TPSA) is 56.7 Å². The summed E-state index contributed by atoms with van der Waals surface area (Å²) < 4.78 is 0. The Hall–Kier alpha value is -2.24. The summed E-state index contributed by atoms with van der Waals surface area (Å²) in [5.74, 6) is -0.167. The van der Waals surface area contributed by atoms with Crippen LogP contribution in [0.5, 0.6) is 0 Å². The molecule has 5 nitrogen and oxygen atoms in total. The largest absolute Gasteiger partial charge is 0.379 e. The SMILES string of the molecule is Cc1cccc(CN2CCCC(O)(CN(C)Cc3ncccc3C)C2=O)c1. The van der Waals surface area contributed by atoms with Crippen molar-refractivity contribution in [2.75, 3.05) is 20.1 Å². The van der Waals surface area contributed by atoms with Crippen molar-refractivity contribution in [3.63, 3.8) is 0 Å². The Bertz CT molecular complexity index is 808. The van der Waals surface area contributed by atoms with E-state index < -0.39 is 5.60 Å². The molecule has 1 N–H and O–H groups in total. The maximum atomic E-state index is 13.0. The van der Waals surface area contributed by atoms with E-state index in [4.69, 9.17) is 0 Å². The molecule has 1 aromatic heterocycles. The van der Waals surface area contributed by atoms with E-state index in [1.165, 1.54) is 5.56 Å². The first-order valence-electron chi connectivity index (χ1n) is 9.54. The van der Waals surface area contributed by atoms with Crippen molar-refractivity contribution in [2.45, 2.75) is 45.4 Å². The molecule has 27 heavy (non-hydrogen) atoms. The Labute approximate surface area is 161 Å². The van der Waals surface area contributed by atoms with Crippen LogP contribution in [0.4, 0.5) is 0 Å². The zero-order valence-electron chi connectivity index (χ0n) is 16.5. The van der Waals surface area contributed by atoms with Gasteiger partial charge in [0.25, 0.3) is 5.91 Å². The zero-order chi connectivity index (χ0) is 19.4. The van der Waals surface area contributed by atoms with E-state index in [1.807, 2.05) is 56.1 Å². The maximum Gasteiger partial charge on any atom is 0.256 e. The third-order valence-corrected chi connectivity index (χ3v) is 5.23. The number of benzene rings is 1. The van der Waals surface area contributed by atoms with Crippen LogP contribution in [0.1, 0.15) is 35.2 Å². The van der Waals surface area contributed by atoms with E-state index >= 15 is 0 Å². The molecule has 2 aromatic rings. The number of amides is 1. The highest BCUT2D eigenvalue weighted by molar-refractivity contribution is 5.86. The third-order valence-electron chi connectivity index (χ3n) is 5.23. The molecule has 0 bridgehead atoms. The lowest BCUT2D eigenvalue weighted by Gasteiger charge is -2.40. The van der Waals surface area contributed by atoms with Crippen molar-refractivity contribution in [2.24, 2.45) is 0 Å². The van der Waals surface area contributed by atoms with Crippen molar-refractivity contribution < 1.29 is 9.90 Å². The van der Waals surface area contributed by atoms with Crippen molar-refractivity contribution in [1.82, 2.24) is 14.8 Å². The number of aryl methyl sites for hydroxylation is 2. The highest BCUT2D eigenvalue weighted by atomic mass is 16.3. The number of likely N-dealkylation sites (N-methyl/N-ethyl adjacent to an activating group) is 1. The first kappa shape index (κ1) is 19.5. The fourth-order valence-electron chi connectivity index (χ4n) is 3.84. The zero-order valence-corrected chi connectivity index (χ0v) is 16.5. The second-order valence-corrected chi connectivity index (χ2v) is 7.79. The van der Waals surface area contributed by atoms with Gasteiger partial charge in [-0.2, -0.15) is 0 Å². The number of likely N-dealkylation sites (tertiary alicyclic amines) is 1. The van der Waals surface area contributed by atoms with E-state index in [1.54, 1.807) is 11.1 Å². The second-order valence-electron chi connectivity index (χ2n) is 7.79. The van der Waals surface area contributed by atoms with E-state index in [-0.39, 0.29) is 5.91 Å². The number of aliphatic hydroxyl groups is 1. The van der Waals surface area contributed by atoms with Crippen LogP contribution >= 0.6 is 0 Å². The lowest BCUT2D eigenvalue weighted by Crippen LogP contribution is -2.57. The molecule has 1 aliphatic rings. The summed E-state index contributed by atoms with van der Waals surface area (Å²) in [4.78, 5) is 21.2. The number of hydrogen-bond donors (Lipinski definition) is 1. The van der Waals surface area contributed by atoms with Crippen LogP contribution in [0.25, 0.3) is 0 Å². The van der Waals surface area contributed by atoms with Crippen molar-refractivity contribution >= 4 is 5.91 Å². The number of carbonyl (C=O) groups excluding carboxylic acids is 1. The first-order valence-corrected chi connectivity index (χ1v) is 9.54. The summed E-state index contributed by atoms with van der Waals surface area (Å²) in [7, 11) is 1.93. The van der Waals surface area contributed by atoms with E-state index in [0.717, 1.165) is 23.2 Å². The van der Waals surface area contributed by atoms with Gasteiger partial charge in [0.05, 0.1) is 5.69 Å². The normalized spacial score (nSPS) is 20.3. The van der Waals surface area contributed by atoms with Crippen LogP contribution in [-0.4, -0.2) is 51.5 Å². The summed E-state index contributed by atoms with van der Waals surface area (Å²) >= 11 is 0. The van der Waals surface area contributed by atoms with Crippen LogP contribution < -0.4 is 0 Å². The van der Waals surface area contributed by atoms with Gasteiger partial charge >= 0.3 is 0 Å². The molecular weight excluding hydrogens is 338 g/mol. The number of hydrogen-bond acceptors (Lipinski definition) is 4. The summed E-state index contributed by atoms with van der Waals surface area (Å²) in [5, 5.41) is 11.1. The van der Waals surface area contributed by atoms with Gasteiger partial charge in [-0.25, -0.2) is 0 Å². The highest BCUT2D eigenvalue weighted by Crippen LogP contribution is 2.26. The minimum atomic E-state index is -1.33. The van der Waals surface area contributed by atoms with Gasteiger partial charge in [-0.1, -0.05) is 35.9 Å². The molecular formula is C22H29N3O2. The van der Waals surface area contributed by atoms with Crippen LogP contribution in [0.2, 0.25) is 0 Å². The van der Waals surface area contributed by atoms with Crippen molar-refractivity contribution in [3.8, 4) is 0 Å². The van der Waals surface area contributed by atoms with Gasteiger partial charge in [0.1, 0.15) is 0 Å². The average Bonchev–Trinajstić information content (AvgIpc) is 2.61. The summed E-state index contributed by atoms with van der Waals surface area (Å²) in [6.07, 6.45) is 3.09. The maximum absolute atomic E-state index is 13.0. The van der Waals surface area contributed by atoms with Crippen LogP contribution in [0, 0.1) is 13.8 Å². The molecule has 3 rings (SSSR count). The van der Waals surface area contributed by atoms with Gasteiger partial charge < -0.3 is 10.0 Å². The Morgan fingerprint density at radius 1 is 1.26 bits per heavy atom. The Morgan fingerprint density at radius 2 is 2.07 bits per heavy atom. The Kier molecular flexibility index (Phi) is 5.92. The number of pyridine rings is 1. The summed E-state index contributed by atoms with van der Waals surface area (Å²) in [6, 6.07) is 12.1. The second kappa shape index (κ2) is 8.19. The first-order chi connectivity index (χ1) is 12.9. The number of carbonyl (C=O) groups is 1. The van der Waals surface area contributed by atoms with Gasteiger partial charge in [-0.3, -0.25) is 14.7 Å². The van der Waals surface area contributed by atoms with Gasteiger partial charge in [0.15, 0.2) is 5.60 Å². The lowest BCUT2D eigenvalue weighted by molar-refractivity contribution is -0.160. The number of rotatable bonds is 6. The minimum Gasteiger partial charge on any atom is -0.379 e. The molecule has 0 spiro atoms. The van der Waals surface area contributed by atoms with E-state index in [9.17, 15) is 9.90 Å². The molecule has 1 fully saturated rings. The number of aromatic nitrogens is 1. The van der Waals surface area contributed by atoms with Gasteiger partial charge in [0.2, 0.25) is 0 Å². The molecule has 0 aliphatic carbocycles. The predicted molar refractivity (Wildman–Crippen MR) is 106 cm³/mol. The fourth-order valence-corrected chi connectivity index (χ4v) is 3.84. The molecule has 2 heterocycles. The molecule has 1 saturated heterocycles. The monoisotopic (exact) mass is 367 g/mol. The molecule has 1 amide bonds. The molecule has 1 unspecified atom stereocenters. The summed E-state index contributed by atoms with van der Waals surface area (Å²) in [6.45, 7) is 6.24. The standard InChI is InChI=1S/C22H29N3O2/c1-17-7-4-9-19(13-17)14-25-12-6-10-22(27,21(25)26)16-24(3)15-20-18(2)8-5-11-23-20/h4-5,7-9,11,13,27H,6,10,12,14-16H2,1-3H3. The van der Waals surface area contributed by atoms with Crippen molar-refractivity contribution in [1.29, 1.82) is 0 Å². The quantitative estimate of drug-likeness (QED) is 0.853. The molecule has 0 radical (unpaired) electrons. The predicted octanol–water partition coefficient (Wildman–Crippen LogP) is 2.68.